The van der Waals surface area contributed by atoms with E-state index in [1.807, 2.05) is 14.7 Å². The maximum Gasteiger partial charge on any atom is 0.324 e. The van der Waals surface area contributed by atoms with E-state index in [4.69, 9.17) is 0 Å². The number of urea groups is 2. The third-order valence-electron chi connectivity index (χ3n) is 6.95. The van der Waals surface area contributed by atoms with Crippen molar-refractivity contribution >= 4 is 12.1 Å². The van der Waals surface area contributed by atoms with Gasteiger partial charge in [-0.15, -0.1) is 0 Å². The molecular weight excluding hydrogens is 318 g/mol. The molecule has 25 heavy (non-hydrogen) atoms. The molecule has 0 spiro atoms. The maximum absolute atomic E-state index is 13.2. The van der Waals surface area contributed by atoms with Crippen molar-refractivity contribution < 1.29 is 9.59 Å². The van der Waals surface area contributed by atoms with Gasteiger partial charge in [-0.3, -0.25) is 19.6 Å². The number of rotatable bonds is 2. The second-order valence-electron chi connectivity index (χ2n) is 8.39. The van der Waals surface area contributed by atoms with Gasteiger partial charge in [-0.2, -0.15) is 0 Å². The fourth-order valence-corrected chi connectivity index (χ4v) is 5.65. The summed E-state index contributed by atoms with van der Waals surface area (Å²) in [6.07, 6.45) is 11.8. The molecule has 2 saturated carbocycles. The van der Waals surface area contributed by atoms with Crippen molar-refractivity contribution in [1.29, 1.82) is 0 Å². The van der Waals surface area contributed by atoms with E-state index >= 15 is 0 Å². The molecular formula is C18H29N5O2. The molecule has 2 atom stereocenters. The van der Waals surface area contributed by atoms with E-state index in [0.29, 0.717) is 25.4 Å². The lowest BCUT2D eigenvalue weighted by molar-refractivity contribution is -0.0390. The number of nitrogens with one attached hydrogen (secondary N) is 1. The largest absolute Gasteiger partial charge is 0.324 e. The van der Waals surface area contributed by atoms with E-state index in [0.717, 1.165) is 12.8 Å². The predicted molar refractivity (Wildman–Crippen MR) is 92.3 cm³/mol. The molecule has 3 saturated heterocycles. The van der Waals surface area contributed by atoms with Crippen molar-refractivity contribution in [3.63, 3.8) is 0 Å². The first-order valence-corrected chi connectivity index (χ1v) is 10.1. The van der Waals surface area contributed by atoms with Crippen LogP contribution in [0.1, 0.15) is 64.2 Å². The minimum atomic E-state index is -0.156. The van der Waals surface area contributed by atoms with Crippen molar-refractivity contribution in [1.82, 2.24) is 24.9 Å². The molecule has 0 aromatic carbocycles. The minimum Gasteiger partial charge on any atom is -0.314 e. The average molecular weight is 347 g/mol. The van der Waals surface area contributed by atoms with Crippen LogP contribution >= 0.6 is 0 Å². The maximum atomic E-state index is 13.2. The Balaban J connectivity index is 1.40. The standard InChI is InChI=1S/C18H29N5O2/c24-17-19-15-16-21(17)11-20(13-7-3-1-4-8-13)12-22(16)18(25)23(15)14-9-5-2-6-10-14/h13-16H,1-12H2,(H,19,24)/t15-,16+/m1/s1. The fourth-order valence-electron chi connectivity index (χ4n) is 5.65. The summed E-state index contributed by atoms with van der Waals surface area (Å²) < 4.78 is 0. The van der Waals surface area contributed by atoms with Crippen LogP contribution in [0, 0.1) is 0 Å². The summed E-state index contributed by atoms with van der Waals surface area (Å²) in [7, 11) is 0. The summed E-state index contributed by atoms with van der Waals surface area (Å²) >= 11 is 0. The summed E-state index contributed by atoms with van der Waals surface area (Å²) in [5.41, 5.74) is 0. The normalized spacial score (nSPS) is 34.6. The highest BCUT2D eigenvalue weighted by atomic mass is 16.2. The first-order valence-electron chi connectivity index (χ1n) is 10.1. The molecule has 7 heteroatoms. The van der Waals surface area contributed by atoms with Gasteiger partial charge in [-0.25, -0.2) is 9.59 Å². The molecule has 2 aliphatic carbocycles. The lowest BCUT2D eigenvalue weighted by Gasteiger charge is -2.45. The van der Waals surface area contributed by atoms with Crippen LogP contribution in [-0.2, 0) is 0 Å². The van der Waals surface area contributed by atoms with Gasteiger partial charge in [0.05, 0.1) is 13.3 Å². The molecule has 0 radical (unpaired) electrons. The van der Waals surface area contributed by atoms with Crippen LogP contribution in [0.3, 0.4) is 0 Å². The summed E-state index contributed by atoms with van der Waals surface area (Å²) in [4.78, 5) is 34.0. The van der Waals surface area contributed by atoms with Crippen LogP contribution in [0.4, 0.5) is 9.59 Å². The molecule has 138 valence electrons. The quantitative estimate of drug-likeness (QED) is 0.834. The van der Waals surface area contributed by atoms with Gasteiger partial charge in [-0.05, 0) is 25.7 Å². The minimum absolute atomic E-state index is 0.00572. The topological polar surface area (TPSA) is 59.1 Å². The second kappa shape index (κ2) is 6.04. The lowest BCUT2D eigenvalue weighted by Crippen LogP contribution is -2.62. The molecule has 5 rings (SSSR count). The number of carbonyl (C=O) groups is 2. The number of carbonyl (C=O) groups excluding carboxylic acids is 2. The van der Waals surface area contributed by atoms with Crippen LogP contribution in [0.25, 0.3) is 0 Å². The second-order valence-corrected chi connectivity index (χ2v) is 8.39. The fraction of sp³-hybridized carbons (Fsp3) is 0.889. The Labute approximate surface area is 149 Å². The van der Waals surface area contributed by atoms with Crippen LogP contribution in [0.5, 0.6) is 0 Å². The SMILES string of the molecule is O=C1N[C@H]2[C@H]3N1CN(C1CCCCC1)CN3C(=O)N2C1CCCCC1. The zero-order valence-electron chi connectivity index (χ0n) is 14.9. The van der Waals surface area contributed by atoms with E-state index in [2.05, 4.69) is 10.2 Å². The van der Waals surface area contributed by atoms with Gasteiger partial charge in [-0.1, -0.05) is 38.5 Å². The Bertz CT molecular complexity index is 558. The predicted octanol–water partition coefficient (Wildman–Crippen LogP) is 2.30. The smallest absolute Gasteiger partial charge is 0.314 e. The van der Waals surface area contributed by atoms with Crippen LogP contribution in [-0.4, -0.2) is 69.4 Å². The number of amides is 4. The highest BCUT2D eigenvalue weighted by Crippen LogP contribution is 2.38. The summed E-state index contributed by atoms with van der Waals surface area (Å²) in [5, 5.41) is 3.11. The Morgan fingerprint density at radius 1 is 0.760 bits per heavy atom. The molecule has 1 N–H and O–H groups in total. The van der Waals surface area contributed by atoms with E-state index in [9.17, 15) is 9.59 Å². The molecule has 7 nitrogen and oxygen atoms in total. The van der Waals surface area contributed by atoms with Crippen molar-refractivity contribution in [3.8, 4) is 0 Å². The third-order valence-corrected chi connectivity index (χ3v) is 6.95. The first-order chi connectivity index (χ1) is 12.2. The highest BCUT2D eigenvalue weighted by molar-refractivity contribution is 5.85. The third kappa shape index (κ3) is 2.42. The number of hydrogen-bond donors (Lipinski definition) is 1. The van der Waals surface area contributed by atoms with E-state index in [1.54, 1.807) is 0 Å². The summed E-state index contributed by atoms with van der Waals surface area (Å²) in [6.45, 7) is 1.35. The molecule has 5 aliphatic rings. The molecule has 3 heterocycles. The first kappa shape index (κ1) is 15.7. The van der Waals surface area contributed by atoms with E-state index in [-0.39, 0.29) is 24.4 Å². The zero-order chi connectivity index (χ0) is 17.0. The highest BCUT2D eigenvalue weighted by Gasteiger charge is 2.59. The molecule has 3 aliphatic heterocycles. The van der Waals surface area contributed by atoms with Crippen LogP contribution in [0.2, 0.25) is 0 Å². The van der Waals surface area contributed by atoms with Gasteiger partial charge in [0.25, 0.3) is 0 Å². The van der Waals surface area contributed by atoms with E-state index in [1.165, 1.54) is 51.4 Å². The van der Waals surface area contributed by atoms with Gasteiger partial charge in [0, 0.05) is 12.1 Å². The number of hydrogen-bond acceptors (Lipinski definition) is 3. The van der Waals surface area contributed by atoms with Gasteiger partial charge in [0.1, 0.15) is 6.17 Å². The molecule has 4 amide bonds. The van der Waals surface area contributed by atoms with Crippen LogP contribution < -0.4 is 5.32 Å². The molecule has 0 unspecified atom stereocenters. The van der Waals surface area contributed by atoms with Crippen molar-refractivity contribution in [3.05, 3.63) is 0 Å². The van der Waals surface area contributed by atoms with Gasteiger partial charge in [0.2, 0.25) is 0 Å². The van der Waals surface area contributed by atoms with Crippen molar-refractivity contribution in [2.45, 2.75) is 88.6 Å². The molecule has 0 bridgehead atoms. The average Bonchev–Trinajstić information content (AvgIpc) is 3.13. The van der Waals surface area contributed by atoms with Crippen molar-refractivity contribution in [2.24, 2.45) is 0 Å². The Morgan fingerprint density at radius 3 is 2.04 bits per heavy atom. The Morgan fingerprint density at radius 2 is 1.36 bits per heavy atom. The summed E-state index contributed by atoms with van der Waals surface area (Å²) in [5.74, 6) is 0. The Hall–Kier alpha value is -1.50. The summed E-state index contributed by atoms with van der Waals surface area (Å²) in [6, 6.07) is 0.930. The number of nitrogens with zero attached hydrogens (tertiary/aromatic N) is 4. The van der Waals surface area contributed by atoms with Gasteiger partial charge >= 0.3 is 12.1 Å². The van der Waals surface area contributed by atoms with E-state index < -0.39 is 0 Å². The molecule has 0 aromatic rings. The van der Waals surface area contributed by atoms with Gasteiger partial charge < -0.3 is 5.32 Å². The van der Waals surface area contributed by atoms with Crippen LogP contribution in [0.15, 0.2) is 0 Å². The zero-order valence-corrected chi connectivity index (χ0v) is 14.9. The monoisotopic (exact) mass is 347 g/mol. The molecule has 0 aromatic heterocycles. The molecule has 5 fully saturated rings. The van der Waals surface area contributed by atoms with Gasteiger partial charge in [0.15, 0.2) is 6.17 Å². The lowest BCUT2D eigenvalue weighted by atomic mass is 9.94. The van der Waals surface area contributed by atoms with Crippen molar-refractivity contribution in [2.75, 3.05) is 13.3 Å². The Kier molecular flexibility index (Phi) is 3.80.